The molecule has 3 aromatic rings. The SMILES string of the molecule is CNCc1ccccc1CN(CC(=O)Nc1ccc2c(c1)C[C@H](C(=O)Nc1ccccn1)C2)C(=O)C1(C)CCN(C(=O)N(C)C)CC1. The normalized spacial score (nSPS) is 16.6. The minimum Gasteiger partial charge on any atom is -0.331 e. The highest BCUT2D eigenvalue weighted by atomic mass is 16.2. The van der Waals surface area contributed by atoms with Crippen LogP contribution < -0.4 is 16.0 Å². The molecule has 11 heteroatoms. The fraction of sp³-hybridized carbons (Fsp3) is 0.417. The Morgan fingerprint density at radius 2 is 1.62 bits per heavy atom. The molecule has 5 rings (SSSR count). The van der Waals surface area contributed by atoms with Crippen molar-refractivity contribution in [3.63, 3.8) is 0 Å². The van der Waals surface area contributed by atoms with Gasteiger partial charge in [-0.2, -0.15) is 0 Å². The zero-order valence-corrected chi connectivity index (χ0v) is 27.7. The van der Waals surface area contributed by atoms with Gasteiger partial charge in [-0.3, -0.25) is 14.4 Å². The van der Waals surface area contributed by atoms with Gasteiger partial charge in [0.2, 0.25) is 17.7 Å². The first kappa shape index (κ1) is 33.6. The van der Waals surface area contributed by atoms with E-state index in [1.54, 1.807) is 47.1 Å². The van der Waals surface area contributed by atoms with Crippen LogP contribution in [0.1, 0.15) is 42.0 Å². The molecule has 1 atom stereocenters. The summed E-state index contributed by atoms with van der Waals surface area (Å²) >= 11 is 0. The predicted molar refractivity (Wildman–Crippen MR) is 181 cm³/mol. The molecule has 2 aromatic carbocycles. The topological polar surface area (TPSA) is 127 Å². The third-order valence-electron chi connectivity index (χ3n) is 9.21. The summed E-state index contributed by atoms with van der Waals surface area (Å²) in [6, 6.07) is 19.0. The van der Waals surface area contributed by atoms with E-state index in [-0.39, 0.29) is 42.8 Å². The fourth-order valence-electron chi connectivity index (χ4n) is 6.47. The van der Waals surface area contributed by atoms with Gasteiger partial charge in [-0.1, -0.05) is 43.3 Å². The molecule has 0 unspecified atom stereocenters. The molecule has 1 aromatic heterocycles. The molecule has 0 radical (unpaired) electrons. The number of hydrogen-bond acceptors (Lipinski definition) is 6. The number of nitrogens with zero attached hydrogens (tertiary/aromatic N) is 4. The molecule has 2 heterocycles. The van der Waals surface area contributed by atoms with Crippen LogP contribution in [0.15, 0.2) is 66.9 Å². The first-order valence-corrected chi connectivity index (χ1v) is 16.2. The van der Waals surface area contributed by atoms with Crippen LogP contribution in [-0.4, -0.2) is 84.2 Å². The van der Waals surface area contributed by atoms with Gasteiger partial charge in [-0.15, -0.1) is 0 Å². The zero-order valence-electron chi connectivity index (χ0n) is 27.7. The molecule has 11 nitrogen and oxygen atoms in total. The number of amides is 5. The number of aromatic nitrogens is 1. The number of urea groups is 1. The number of carbonyl (C=O) groups excluding carboxylic acids is 4. The van der Waals surface area contributed by atoms with Crippen LogP contribution in [0, 0.1) is 11.3 Å². The molecular formula is C36H45N7O4. The number of fused-ring (bicyclic) bond motifs is 1. The van der Waals surface area contributed by atoms with Gasteiger partial charge in [0.25, 0.3) is 0 Å². The van der Waals surface area contributed by atoms with Crippen LogP contribution in [0.3, 0.4) is 0 Å². The maximum Gasteiger partial charge on any atom is 0.319 e. The van der Waals surface area contributed by atoms with E-state index in [4.69, 9.17) is 0 Å². The minimum atomic E-state index is -0.709. The average Bonchev–Trinajstić information content (AvgIpc) is 3.49. The Bertz CT molecular complexity index is 1600. The maximum absolute atomic E-state index is 14.3. The lowest BCUT2D eigenvalue weighted by Crippen LogP contribution is -2.52. The number of benzene rings is 2. The summed E-state index contributed by atoms with van der Waals surface area (Å²) in [5.74, 6) is -0.168. The Morgan fingerprint density at radius 1 is 0.915 bits per heavy atom. The Kier molecular flexibility index (Phi) is 10.6. The first-order chi connectivity index (χ1) is 22.6. The number of pyridine rings is 1. The van der Waals surface area contributed by atoms with E-state index in [1.807, 2.05) is 62.5 Å². The summed E-state index contributed by atoms with van der Waals surface area (Å²) in [6.07, 6.45) is 3.85. The molecule has 5 amide bonds. The second-order valence-corrected chi connectivity index (χ2v) is 13.0. The fourth-order valence-corrected chi connectivity index (χ4v) is 6.47. The molecule has 1 aliphatic heterocycles. The molecule has 2 aliphatic rings. The lowest BCUT2D eigenvalue weighted by atomic mass is 9.79. The molecule has 1 fully saturated rings. The van der Waals surface area contributed by atoms with Crippen molar-refractivity contribution in [2.24, 2.45) is 11.3 Å². The van der Waals surface area contributed by atoms with Crippen LogP contribution in [0.4, 0.5) is 16.3 Å². The third-order valence-corrected chi connectivity index (χ3v) is 9.21. The highest BCUT2D eigenvalue weighted by molar-refractivity contribution is 5.96. The Labute approximate surface area is 276 Å². The largest absolute Gasteiger partial charge is 0.331 e. The molecule has 0 saturated carbocycles. The standard InChI is InChI=1S/C36H45N7O4/c1-36(14-17-42(18-15-36)35(47)41(3)4)34(46)43(23-27-10-6-5-9-26(27)22-37-2)24-32(44)39-30-13-12-25-19-29(20-28(25)21-30)33(45)40-31-11-7-8-16-38-31/h5-13,16,21,29,37H,14-15,17-20,22-24H2,1-4H3,(H,39,44)(H,38,40,45)/t29-/m1/s1. The van der Waals surface area contributed by atoms with Gasteiger partial charge in [-0.05, 0) is 79.3 Å². The van der Waals surface area contributed by atoms with Crippen molar-refractivity contribution in [1.29, 1.82) is 0 Å². The van der Waals surface area contributed by atoms with E-state index in [0.717, 1.165) is 22.3 Å². The van der Waals surface area contributed by atoms with Crippen LogP contribution >= 0.6 is 0 Å². The number of rotatable bonds is 10. The summed E-state index contributed by atoms with van der Waals surface area (Å²) in [4.78, 5) is 62.4. The average molecular weight is 640 g/mol. The van der Waals surface area contributed by atoms with Gasteiger partial charge >= 0.3 is 6.03 Å². The molecule has 1 saturated heterocycles. The van der Waals surface area contributed by atoms with Crippen molar-refractivity contribution in [1.82, 2.24) is 25.0 Å². The molecule has 1 aliphatic carbocycles. The summed E-state index contributed by atoms with van der Waals surface area (Å²) in [5.41, 5.74) is 4.05. The van der Waals surface area contributed by atoms with Gasteiger partial charge in [-0.25, -0.2) is 9.78 Å². The van der Waals surface area contributed by atoms with Gasteiger partial charge in [0, 0.05) is 63.5 Å². The lowest BCUT2D eigenvalue weighted by molar-refractivity contribution is -0.146. The predicted octanol–water partition coefficient (Wildman–Crippen LogP) is 3.91. The number of hydrogen-bond donors (Lipinski definition) is 3. The van der Waals surface area contributed by atoms with Gasteiger partial charge in [0.1, 0.15) is 12.4 Å². The van der Waals surface area contributed by atoms with Crippen LogP contribution in [0.5, 0.6) is 0 Å². The second-order valence-electron chi connectivity index (χ2n) is 13.0. The molecule has 47 heavy (non-hydrogen) atoms. The first-order valence-electron chi connectivity index (χ1n) is 16.2. The van der Waals surface area contributed by atoms with Crippen LogP contribution in [-0.2, 0) is 40.3 Å². The third kappa shape index (κ3) is 8.15. The second kappa shape index (κ2) is 14.8. The Balaban J connectivity index is 1.28. The molecule has 3 N–H and O–H groups in total. The number of carbonyl (C=O) groups is 4. The number of piperidine rings is 1. The highest BCUT2D eigenvalue weighted by Crippen LogP contribution is 2.34. The van der Waals surface area contributed by atoms with Crippen molar-refractivity contribution in [3.05, 3.63) is 89.1 Å². The van der Waals surface area contributed by atoms with E-state index < -0.39 is 5.41 Å². The molecular weight excluding hydrogens is 594 g/mol. The Hall–Kier alpha value is -4.77. The Morgan fingerprint density at radius 3 is 2.30 bits per heavy atom. The monoisotopic (exact) mass is 639 g/mol. The van der Waals surface area contributed by atoms with E-state index >= 15 is 0 Å². The molecule has 0 bridgehead atoms. The molecule has 0 spiro atoms. The van der Waals surface area contributed by atoms with Crippen LogP contribution in [0.25, 0.3) is 0 Å². The van der Waals surface area contributed by atoms with E-state index in [1.165, 1.54) is 0 Å². The molecule has 248 valence electrons. The van der Waals surface area contributed by atoms with E-state index in [0.29, 0.717) is 56.8 Å². The highest BCUT2D eigenvalue weighted by Gasteiger charge is 2.41. The zero-order chi connectivity index (χ0) is 33.6. The maximum atomic E-state index is 14.3. The smallest absolute Gasteiger partial charge is 0.319 e. The number of likely N-dealkylation sites (tertiary alicyclic amines) is 1. The van der Waals surface area contributed by atoms with Crippen LogP contribution in [0.2, 0.25) is 0 Å². The summed E-state index contributed by atoms with van der Waals surface area (Å²) < 4.78 is 0. The van der Waals surface area contributed by atoms with Crippen molar-refractivity contribution >= 4 is 35.3 Å². The van der Waals surface area contributed by atoms with Crippen molar-refractivity contribution in [3.8, 4) is 0 Å². The summed E-state index contributed by atoms with van der Waals surface area (Å²) in [7, 11) is 5.33. The quantitative estimate of drug-likeness (QED) is 0.309. The summed E-state index contributed by atoms with van der Waals surface area (Å²) in [6.45, 7) is 3.71. The number of anilines is 2. The van der Waals surface area contributed by atoms with Crippen molar-refractivity contribution in [2.45, 2.75) is 45.7 Å². The van der Waals surface area contributed by atoms with Gasteiger partial charge in [0.05, 0.1) is 0 Å². The van der Waals surface area contributed by atoms with Crippen molar-refractivity contribution in [2.75, 3.05) is 51.4 Å². The lowest BCUT2D eigenvalue weighted by Gasteiger charge is -2.41. The van der Waals surface area contributed by atoms with Gasteiger partial charge < -0.3 is 30.7 Å². The summed E-state index contributed by atoms with van der Waals surface area (Å²) in [5, 5.41) is 9.08. The van der Waals surface area contributed by atoms with Crippen molar-refractivity contribution < 1.29 is 19.2 Å². The number of nitrogens with one attached hydrogen (secondary N) is 3. The minimum absolute atomic E-state index is 0.0637. The van der Waals surface area contributed by atoms with Gasteiger partial charge in [0.15, 0.2) is 0 Å². The van der Waals surface area contributed by atoms with E-state index in [9.17, 15) is 19.2 Å². The van der Waals surface area contributed by atoms with E-state index in [2.05, 4.69) is 20.9 Å².